The number of amides is 1. The summed E-state index contributed by atoms with van der Waals surface area (Å²) in [6, 6.07) is 3.98. The molecule has 1 heterocycles. The van der Waals surface area contributed by atoms with E-state index in [9.17, 15) is 23.3 Å². The minimum Gasteiger partial charge on any atom is -0.353 e. The maximum atomic E-state index is 13.0. The number of nitrogens with one attached hydrogen (secondary N) is 1. The summed E-state index contributed by atoms with van der Waals surface area (Å²) in [7, 11) is -3.84. The van der Waals surface area contributed by atoms with Crippen LogP contribution in [-0.2, 0) is 14.8 Å². The van der Waals surface area contributed by atoms with E-state index in [1.54, 1.807) is 6.92 Å². The molecule has 0 aliphatic carbocycles. The van der Waals surface area contributed by atoms with E-state index in [-0.39, 0.29) is 41.5 Å². The van der Waals surface area contributed by atoms with Crippen LogP contribution in [0, 0.1) is 23.0 Å². The Morgan fingerprint density at radius 1 is 1.27 bits per heavy atom. The van der Waals surface area contributed by atoms with Crippen molar-refractivity contribution >= 4 is 21.6 Å². The normalized spacial score (nSPS) is 16.9. The fourth-order valence-electron chi connectivity index (χ4n) is 3.79. The van der Waals surface area contributed by atoms with Gasteiger partial charge in [-0.3, -0.25) is 14.9 Å². The standard InChI is InChI=1S/C21H33N3O5S/c1-4-5-6-7-8-17(3)22-21(25)18-11-13-23(14-12-18)30(28,29)20-15-19(24(26)27)10-9-16(20)2/h9-10,15,17-18H,4-8,11-14H2,1-3H3,(H,22,25). The molecule has 0 radical (unpaired) electrons. The Kier molecular flexibility index (Phi) is 8.78. The minimum absolute atomic E-state index is 0.0124. The van der Waals surface area contributed by atoms with Crippen molar-refractivity contribution in [3.8, 4) is 0 Å². The number of sulfonamides is 1. The van der Waals surface area contributed by atoms with E-state index in [2.05, 4.69) is 12.2 Å². The lowest BCUT2D eigenvalue weighted by Gasteiger charge is -2.31. The van der Waals surface area contributed by atoms with E-state index in [0.29, 0.717) is 18.4 Å². The van der Waals surface area contributed by atoms with Gasteiger partial charge < -0.3 is 5.32 Å². The molecule has 1 saturated heterocycles. The topological polar surface area (TPSA) is 110 Å². The molecular formula is C21H33N3O5S. The van der Waals surface area contributed by atoms with Gasteiger partial charge in [-0.15, -0.1) is 0 Å². The number of unbranched alkanes of at least 4 members (excludes halogenated alkanes) is 3. The number of nitro benzene ring substituents is 1. The van der Waals surface area contributed by atoms with Crippen LogP contribution in [0.5, 0.6) is 0 Å². The Bertz CT molecular complexity index is 848. The second-order valence-electron chi connectivity index (χ2n) is 8.14. The molecule has 1 amide bonds. The SMILES string of the molecule is CCCCCCC(C)NC(=O)C1CCN(S(=O)(=O)c2cc([N+](=O)[O-])ccc2C)CC1. The molecular weight excluding hydrogens is 406 g/mol. The first-order valence-electron chi connectivity index (χ1n) is 10.7. The highest BCUT2D eigenvalue weighted by atomic mass is 32.2. The Labute approximate surface area is 179 Å². The van der Waals surface area contributed by atoms with Crippen molar-refractivity contribution in [3.63, 3.8) is 0 Å². The largest absolute Gasteiger partial charge is 0.353 e. The summed E-state index contributed by atoms with van der Waals surface area (Å²) in [5.41, 5.74) is 0.221. The number of carbonyl (C=O) groups is 1. The van der Waals surface area contributed by atoms with Gasteiger partial charge in [0.1, 0.15) is 0 Å². The van der Waals surface area contributed by atoms with Crippen LogP contribution in [0.3, 0.4) is 0 Å². The molecule has 9 heteroatoms. The zero-order chi connectivity index (χ0) is 22.3. The maximum Gasteiger partial charge on any atom is 0.270 e. The first-order chi connectivity index (χ1) is 14.2. The van der Waals surface area contributed by atoms with Crippen molar-refractivity contribution in [2.75, 3.05) is 13.1 Å². The predicted octanol–water partition coefficient (Wildman–Crippen LogP) is 3.78. The van der Waals surface area contributed by atoms with Crippen LogP contribution >= 0.6 is 0 Å². The molecule has 0 aromatic heterocycles. The second kappa shape index (κ2) is 10.9. The lowest BCUT2D eigenvalue weighted by atomic mass is 9.96. The summed E-state index contributed by atoms with van der Waals surface area (Å²) in [5.74, 6) is -0.220. The van der Waals surface area contributed by atoms with Gasteiger partial charge in [-0.2, -0.15) is 4.31 Å². The highest BCUT2D eigenvalue weighted by molar-refractivity contribution is 7.89. The van der Waals surface area contributed by atoms with E-state index >= 15 is 0 Å². The van der Waals surface area contributed by atoms with Gasteiger partial charge in [0.2, 0.25) is 15.9 Å². The third-order valence-corrected chi connectivity index (χ3v) is 7.75. The summed E-state index contributed by atoms with van der Waals surface area (Å²) < 4.78 is 27.4. The summed E-state index contributed by atoms with van der Waals surface area (Å²) in [6.45, 7) is 6.26. The van der Waals surface area contributed by atoms with Crippen molar-refractivity contribution in [2.45, 2.75) is 76.7 Å². The lowest BCUT2D eigenvalue weighted by molar-refractivity contribution is -0.385. The fourth-order valence-corrected chi connectivity index (χ4v) is 5.50. The Morgan fingerprint density at radius 3 is 2.53 bits per heavy atom. The van der Waals surface area contributed by atoms with Crippen molar-refractivity contribution in [1.82, 2.24) is 9.62 Å². The van der Waals surface area contributed by atoms with Gasteiger partial charge >= 0.3 is 0 Å². The number of nitrogens with zero attached hydrogens (tertiary/aromatic N) is 2. The van der Waals surface area contributed by atoms with Crippen molar-refractivity contribution in [1.29, 1.82) is 0 Å². The van der Waals surface area contributed by atoms with E-state index in [1.165, 1.54) is 35.7 Å². The zero-order valence-electron chi connectivity index (χ0n) is 18.1. The molecule has 0 bridgehead atoms. The van der Waals surface area contributed by atoms with Crippen molar-refractivity contribution in [2.24, 2.45) is 5.92 Å². The van der Waals surface area contributed by atoms with Crippen LogP contribution in [0.1, 0.15) is 64.4 Å². The average Bonchev–Trinajstić information content (AvgIpc) is 2.71. The zero-order valence-corrected chi connectivity index (χ0v) is 18.9. The summed E-state index contributed by atoms with van der Waals surface area (Å²) in [6.07, 6.45) is 6.49. The molecule has 1 aliphatic rings. The molecule has 1 aliphatic heterocycles. The van der Waals surface area contributed by atoms with Crippen LogP contribution < -0.4 is 5.32 Å². The second-order valence-corrected chi connectivity index (χ2v) is 10.1. The highest BCUT2D eigenvalue weighted by Crippen LogP contribution is 2.28. The van der Waals surface area contributed by atoms with Gasteiger partial charge in [-0.05, 0) is 38.7 Å². The number of hydrogen-bond acceptors (Lipinski definition) is 5. The number of benzene rings is 1. The molecule has 8 nitrogen and oxygen atoms in total. The molecule has 30 heavy (non-hydrogen) atoms. The maximum absolute atomic E-state index is 13.0. The Balaban J connectivity index is 1.94. The molecule has 1 atom stereocenters. The van der Waals surface area contributed by atoms with Crippen LogP contribution in [-0.4, -0.2) is 42.7 Å². The molecule has 0 spiro atoms. The fraction of sp³-hybridized carbons (Fsp3) is 0.667. The monoisotopic (exact) mass is 439 g/mol. The number of rotatable bonds is 10. The first kappa shape index (κ1) is 24.3. The molecule has 1 N–H and O–H groups in total. The number of nitro groups is 1. The van der Waals surface area contributed by atoms with Crippen LogP contribution in [0.25, 0.3) is 0 Å². The van der Waals surface area contributed by atoms with Gasteiger partial charge in [0.05, 0.1) is 9.82 Å². The minimum atomic E-state index is -3.84. The van der Waals surface area contributed by atoms with Crippen molar-refractivity contribution in [3.05, 3.63) is 33.9 Å². The Hall–Kier alpha value is -2.00. The van der Waals surface area contributed by atoms with E-state index in [1.807, 2.05) is 6.92 Å². The molecule has 1 aromatic rings. The number of piperidine rings is 1. The summed E-state index contributed by atoms with van der Waals surface area (Å²) in [4.78, 5) is 22.9. The average molecular weight is 440 g/mol. The predicted molar refractivity (Wildman–Crippen MR) is 116 cm³/mol. The number of carbonyl (C=O) groups excluding carboxylic acids is 1. The van der Waals surface area contributed by atoms with Gasteiger partial charge in [0, 0.05) is 37.2 Å². The van der Waals surface area contributed by atoms with Gasteiger partial charge in [0.15, 0.2) is 0 Å². The third kappa shape index (κ3) is 6.25. The van der Waals surface area contributed by atoms with E-state index in [4.69, 9.17) is 0 Å². The summed E-state index contributed by atoms with van der Waals surface area (Å²) >= 11 is 0. The number of non-ortho nitro benzene ring substituents is 1. The third-order valence-electron chi connectivity index (χ3n) is 5.70. The summed E-state index contributed by atoms with van der Waals surface area (Å²) in [5, 5.41) is 14.1. The highest BCUT2D eigenvalue weighted by Gasteiger charge is 2.33. The van der Waals surface area contributed by atoms with Gasteiger partial charge in [-0.1, -0.05) is 38.7 Å². The first-order valence-corrected chi connectivity index (χ1v) is 12.2. The van der Waals surface area contributed by atoms with Crippen LogP contribution in [0.2, 0.25) is 0 Å². The number of aryl methyl sites for hydroxylation is 1. The smallest absolute Gasteiger partial charge is 0.270 e. The van der Waals surface area contributed by atoms with E-state index in [0.717, 1.165) is 18.9 Å². The number of hydrogen-bond donors (Lipinski definition) is 1. The lowest BCUT2D eigenvalue weighted by Crippen LogP contribution is -2.44. The van der Waals surface area contributed by atoms with Crippen LogP contribution in [0.15, 0.2) is 23.1 Å². The molecule has 1 aromatic carbocycles. The Morgan fingerprint density at radius 2 is 1.93 bits per heavy atom. The molecule has 1 fully saturated rings. The van der Waals surface area contributed by atoms with Crippen molar-refractivity contribution < 1.29 is 18.1 Å². The molecule has 168 valence electrons. The van der Waals surface area contributed by atoms with Gasteiger partial charge in [-0.25, -0.2) is 8.42 Å². The van der Waals surface area contributed by atoms with E-state index < -0.39 is 14.9 Å². The molecule has 0 saturated carbocycles. The van der Waals surface area contributed by atoms with Gasteiger partial charge in [0.25, 0.3) is 5.69 Å². The molecule has 2 rings (SSSR count). The quantitative estimate of drug-likeness (QED) is 0.339. The van der Waals surface area contributed by atoms with Crippen LogP contribution in [0.4, 0.5) is 5.69 Å². The molecule has 1 unspecified atom stereocenters.